The van der Waals surface area contributed by atoms with E-state index in [0.29, 0.717) is 18.0 Å². The lowest BCUT2D eigenvalue weighted by Gasteiger charge is -2.29. The molecule has 4 rings (SSSR count). The minimum absolute atomic E-state index is 0.125. The molecule has 0 amide bonds. The van der Waals surface area contributed by atoms with Crippen molar-refractivity contribution in [3.63, 3.8) is 0 Å². The van der Waals surface area contributed by atoms with Gasteiger partial charge in [-0.3, -0.25) is 4.79 Å². The summed E-state index contributed by atoms with van der Waals surface area (Å²) in [5.41, 5.74) is 0.965. The summed E-state index contributed by atoms with van der Waals surface area (Å²) in [6.45, 7) is 2.37. The van der Waals surface area contributed by atoms with E-state index in [1.54, 1.807) is 54.6 Å². The lowest BCUT2D eigenvalue weighted by Crippen LogP contribution is -2.26. The zero-order chi connectivity index (χ0) is 21.3. The first kappa shape index (κ1) is 19.8. The molecule has 0 radical (unpaired) electrons. The summed E-state index contributed by atoms with van der Waals surface area (Å²) in [5.74, 6) is -0.553. The van der Waals surface area contributed by atoms with Gasteiger partial charge in [-0.25, -0.2) is 12.8 Å². The molecule has 0 unspecified atom stereocenters. The molecule has 0 N–H and O–H groups in total. The third kappa shape index (κ3) is 3.48. The molecule has 30 heavy (non-hydrogen) atoms. The fraction of sp³-hybridized carbons (Fsp3) is 0.0870. The molecule has 0 atom stereocenters. The molecule has 152 valence electrons. The van der Waals surface area contributed by atoms with Gasteiger partial charge in [-0.15, -0.1) is 0 Å². The molecular formula is C23H18FNO4S. The number of ketones is 1. The fourth-order valence-electron chi connectivity index (χ4n) is 3.28. The minimum atomic E-state index is -4.13. The summed E-state index contributed by atoms with van der Waals surface area (Å²) in [7, 11) is -4.13. The van der Waals surface area contributed by atoms with E-state index in [9.17, 15) is 17.6 Å². The predicted molar refractivity (Wildman–Crippen MR) is 112 cm³/mol. The Kier molecular flexibility index (Phi) is 5.13. The summed E-state index contributed by atoms with van der Waals surface area (Å²) in [5, 5.41) is 0. The maximum Gasteiger partial charge on any atom is 0.214 e. The number of Topliss-reactive ketones (excluding diaryl/α,β-unsaturated/α-hetero) is 1. The Hall–Kier alpha value is -3.45. The van der Waals surface area contributed by atoms with Crippen LogP contribution in [-0.4, -0.2) is 20.8 Å². The molecular weight excluding hydrogens is 405 g/mol. The number of sulfone groups is 1. The van der Waals surface area contributed by atoms with Crippen LogP contribution < -0.4 is 9.64 Å². The highest BCUT2D eigenvalue weighted by Gasteiger charge is 2.36. The number of hydrogen-bond acceptors (Lipinski definition) is 5. The van der Waals surface area contributed by atoms with Gasteiger partial charge >= 0.3 is 0 Å². The number of benzene rings is 3. The van der Waals surface area contributed by atoms with Crippen LogP contribution in [0.15, 0.2) is 88.8 Å². The Bertz CT molecular complexity index is 1240. The van der Waals surface area contributed by atoms with E-state index >= 15 is 0 Å². The third-order valence-electron chi connectivity index (χ3n) is 4.69. The van der Waals surface area contributed by atoms with Crippen LogP contribution in [0.25, 0.3) is 0 Å². The highest BCUT2D eigenvalue weighted by molar-refractivity contribution is 7.96. The summed E-state index contributed by atoms with van der Waals surface area (Å²) >= 11 is 0. The number of rotatable bonds is 5. The number of anilines is 2. The van der Waals surface area contributed by atoms with Crippen LogP contribution >= 0.6 is 0 Å². The minimum Gasteiger partial charge on any atom is -0.494 e. The van der Waals surface area contributed by atoms with Gasteiger partial charge in [-0.2, -0.15) is 0 Å². The Morgan fingerprint density at radius 2 is 1.70 bits per heavy atom. The van der Waals surface area contributed by atoms with Gasteiger partial charge in [0, 0.05) is 17.5 Å². The third-order valence-corrected chi connectivity index (χ3v) is 6.49. The van der Waals surface area contributed by atoms with Crippen LogP contribution in [-0.2, 0) is 9.84 Å². The second-order valence-electron chi connectivity index (χ2n) is 6.60. The second kappa shape index (κ2) is 7.76. The predicted octanol–water partition coefficient (Wildman–Crippen LogP) is 4.87. The van der Waals surface area contributed by atoms with Crippen molar-refractivity contribution in [2.75, 3.05) is 11.5 Å². The normalized spacial score (nSPS) is 14.6. The molecule has 5 nitrogen and oxygen atoms in total. The van der Waals surface area contributed by atoms with Crippen molar-refractivity contribution < 1.29 is 22.3 Å². The van der Waals surface area contributed by atoms with Gasteiger partial charge in [-0.1, -0.05) is 30.3 Å². The topological polar surface area (TPSA) is 63.7 Å². The first-order chi connectivity index (χ1) is 14.4. The van der Waals surface area contributed by atoms with Crippen LogP contribution in [0.4, 0.5) is 15.8 Å². The van der Waals surface area contributed by atoms with E-state index in [1.165, 1.54) is 17.2 Å². The molecule has 7 heteroatoms. The number of fused-ring (bicyclic) bond motifs is 1. The molecule has 1 aliphatic rings. The van der Waals surface area contributed by atoms with E-state index in [4.69, 9.17) is 4.74 Å². The van der Waals surface area contributed by atoms with Crippen molar-refractivity contribution in [3.05, 3.63) is 95.3 Å². The number of hydrogen-bond donors (Lipinski definition) is 0. The summed E-state index contributed by atoms with van der Waals surface area (Å²) in [6.07, 6.45) is 1.25. The average molecular weight is 423 g/mol. The van der Waals surface area contributed by atoms with Crippen molar-refractivity contribution in [2.24, 2.45) is 0 Å². The van der Waals surface area contributed by atoms with E-state index in [-0.39, 0.29) is 21.1 Å². The van der Waals surface area contributed by atoms with Crippen LogP contribution in [0, 0.1) is 5.82 Å². The van der Waals surface area contributed by atoms with Crippen molar-refractivity contribution in [3.8, 4) is 5.75 Å². The zero-order valence-corrected chi connectivity index (χ0v) is 16.9. The highest BCUT2D eigenvalue weighted by atomic mass is 32.2. The van der Waals surface area contributed by atoms with Crippen molar-refractivity contribution in [1.29, 1.82) is 0 Å². The number of allylic oxidation sites excluding steroid dienone is 1. The number of carbonyl (C=O) groups is 1. The van der Waals surface area contributed by atoms with Gasteiger partial charge in [0.15, 0.2) is 0 Å². The summed E-state index contributed by atoms with van der Waals surface area (Å²) < 4.78 is 45.8. The second-order valence-corrected chi connectivity index (χ2v) is 8.49. The van der Waals surface area contributed by atoms with Crippen LogP contribution in [0.1, 0.15) is 17.3 Å². The highest BCUT2D eigenvalue weighted by Crippen LogP contribution is 2.41. The van der Waals surface area contributed by atoms with E-state index in [1.807, 2.05) is 6.92 Å². The molecule has 0 bridgehead atoms. The van der Waals surface area contributed by atoms with Crippen LogP contribution in [0.3, 0.4) is 0 Å². The first-order valence-corrected chi connectivity index (χ1v) is 10.8. The zero-order valence-electron chi connectivity index (χ0n) is 16.1. The number of ether oxygens (including phenoxy) is 1. The summed E-state index contributed by atoms with van der Waals surface area (Å²) in [6, 6.07) is 18.5. The van der Waals surface area contributed by atoms with E-state index in [0.717, 1.165) is 12.1 Å². The lowest BCUT2D eigenvalue weighted by atomic mass is 10.1. The van der Waals surface area contributed by atoms with Crippen LogP contribution in [0.2, 0.25) is 0 Å². The van der Waals surface area contributed by atoms with E-state index < -0.39 is 21.4 Å². The molecule has 1 heterocycles. The molecule has 0 spiro atoms. The van der Waals surface area contributed by atoms with Crippen LogP contribution in [0.5, 0.6) is 5.75 Å². The van der Waals surface area contributed by atoms with Crippen molar-refractivity contribution >= 4 is 27.0 Å². The molecule has 3 aromatic rings. The SMILES string of the molecule is CCOc1ccc(N2C=C(C(=O)c3ccccc3)S(=O)(=O)c3ccc(F)cc32)cc1. The number of carbonyl (C=O) groups excluding carboxylic acids is 1. The van der Waals surface area contributed by atoms with Gasteiger partial charge < -0.3 is 9.64 Å². The molecule has 0 aliphatic carbocycles. The van der Waals surface area contributed by atoms with Gasteiger partial charge in [0.25, 0.3) is 0 Å². The summed E-state index contributed by atoms with van der Waals surface area (Å²) in [4.78, 5) is 14.0. The monoisotopic (exact) mass is 423 g/mol. The van der Waals surface area contributed by atoms with E-state index in [2.05, 4.69) is 0 Å². The van der Waals surface area contributed by atoms with Crippen molar-refractivity contribution in [2.45, 2.75) is 11.8 Å². The molecule has 0 aromatic heterocycles. The Labute approximate surface area is 174 Å². The maximum atomic E-state index is 14.0. The molecule has 0 saturated heterocycles. The molecule has 1 aliphatic heterocycles. The maximum absolute atomic E-state index is 14.0. The lowest BCUT2D eigenvalue weighted by molar-refractivity contribution is 0.104. The molecule has 3 aromatic carbocycles. The van der Waals surface area contributed by atoms with Gasteiger partial charge in [-0.05, 0) is 49.4 Å². The Morgan fingerprint density at radius 3 is 2.37 bits per heavy atom. The fourth-order valence-corrected chi connectivity index (χ4v) is 4.80. The van der Waals surface area contributed by atoms with Gasteiger partial charge in [0.1, 0.15) is 16.5 Å². The smallest absolute Gasteiger partial charge is 0.214 e. The largest absolute Gasteiger partial charge is 0.494 e. The number of halogens is 1. The number of nitrogens with zero attached hydrogens (tertiary/aromatic N) is 1. The first-order valence-electron chi connectivity index (χ1n) is 9.30. The van der Waals surface area contributed by atoms with Gasteiger partial charge in [0.2, 0.25) is 15.6 Å². The molecule has 0 saturated carbocycles. The van der Waals surface area contributed by atoms with Crippen molar-refractivity contribution in [1.82, 2.24) is 0 Å². The average Bonchev–Trinajstić information content (AvgIpc) is 2.75. The Morgan fingerprint density at radius 1 is 1.00 bits per heavy atom. The quantitative estimate of drug-likeness (QED) is 0.433. The molecule has 0 fully saturated rings. The standard InChI is InChI=1S/C23H18FNO4S/c1-2-29-19-11-9-18(10-12-19)25-15-22(23(26)16-6-4-3-5-7-16)30(27,28)21-13-8-17(24)14-20(21)25/h3-15H,2H2,1H3. The Balaban J connectivity index is 1.88. The van der Waals surface area contributed by atoms with Gasteiger partial charge in [0.05, 0.1) is 17.2 Å².